The van der Waals surface area contributed by atoms with E-state index in [0.29, 0.717) is 9.50 Å². The van der Waals surface area contributed by atoms with E-state index >= 15 is 0 Å². The van der Waals surface area contributed by atoms with E-state index in [1.165, 1.54) is 6.26 Å². The largest absolute Gasteiger partial charge is 0.245 e. The lowest BCUT2D eigenvalue weighted by Gasteiger charge is -2.14. The Hall–Kier alpha value is -0.420. The molecule has 0 N–H and O–H groups in total. The van der Waals surface area contributed by atoms with Crippen LogP contribution in [0.2, 0.25) is 0 Å². The van der Waals surface area contributed by atoms with Gasteiger partial charge in [-0.2, -0.15) is 0 Å². The monoisotopic (exact) mass is 319 g/mol. The summed E-state index contributed by atoms with van der Waals surface area (Å²) in [6.45, 7) is 5.91. The zero-order valence-corrected chi connectivity index (χ0v) is 13.1. The second kappa shape index (κ2) is 5.48. The van der Waals surface area contributed by atoms with Gasteiger partial charge < -0.3 is 0 Å². The highest BCUT2D eigenvalue weighted by atomic mass is 79.9. The second-order valence-electron chi connectivity index (χ2n) is 4.30. The maximum absolute atomic E-state index is 11.7. The minimum Gasteiger partial charge on any atom is -0.245 e. The molecule has 0 spiro atoms. The van der Waals surface area contributed by atoms with Crippen LogP contribution >= 0.6 is 15.9 Å². The summed E-state index contributed by atoms with van der Waals surface area (Å²) in [5, 5.41) is 0. The molecule has 0 aliphatic heterocycles. The molecule has 1 aromatic heterocycles. The van der Waals surface area contributed by atoms with Crippen LogP contribution in [0.4, 0.5) is 0 Å². The van der Waals surface area contributed by atoms with Crippen molar-refractivity contribution in [1.29, 1.82) is 0 Å². The number of rotatable bonds is 4. The molecule has 0 unspecified atom stereocenters. The first-order valence-electron chi connectivity index (χ1n) is 5.64. The smallest absolute Gasteiger partial charge is 0.178 e. The van der Waals surface area contributed by atoms with Gasteiger partial charge in [0.05, 0.1) is 0 Å². The summed E-state index contributed by atoms with van der Waals surface area (Å²) >= 11 is 3.25. The number of halogens is 1. The summed E-state index contributed by atoms with van der Waals surface area (Å²) in [6.07, 6.45) is 4.25. The highest BCUT2D eigenvalue weighted by Crippen LogP contribution is 2.28. The molecule has 0 aliphatic rings. The summed E-state index contributed by atoms with van der Waals surface area (Å²) in [5.74, 6) is 0. The number of hydrogen-bond donors (Lipinski definition) is 0. The molecule has 0 saturated carbocycles. The summed E-state index contributed by atoms with van der Waals surface area (Å²) in [5.41, 5.74) is 2.81. The highest BCUT2D eigenvalue weighted by molar-refractivity contribution is 9.10. The summed E-state index contributed by atoms with van der Waals surface area (Å²) in [6, 6.07) is 0. The quantitative estimate of drug-likeness (QED) is 0.800. The molecule has 0 bridgehead atoms. The van der Waals surface area contributed by atoms with E-state index in [2.05, 4.69) is 27.8 Å². The average Bonchev–Trinajstić information content (AvgIpc) is 2.14. The van der Waals surface area contributed by atoms with E-state index in [1.54, 1.807) is 0 Å². The Morgan fingerprint density at radius 1 is 1.29 bits per heavy atom. The van der Waals surface area contributed by atoms with Gasteiger partial charge >= 0.3 is 0 Å². The van der Waals surface area contributed by atoms with Gasteiger partial charge in [0.1, 0.15) is 9.50 Å². The average molecular weight is 320 g/mol. The van der Waals surface area contributed by atoms with Crippen LogP contribution in [-0.4, -0.2) is 19.7 Å². The zero-order chi connectivity index (χ0) is 13.2. The molecular weight excluding hydrogens is 302 g/mol. The van der Waals surface area contributed by atoms with Gasteiger partial charge in [0.25, 0.3) is 0 Å². The first-order valence-corrected chi connectivity index (χ1v) is 8.33. The predicted molar refractivity (Wildman–Crippen MR) is 73.1 cm³/mol. The van der Waals surface area contributed by atoms with Crippen LogP contribution in [0, 0.1) is 13.8 Å². The molecule has 5 heteroatoms. The Labute approximate surface area is 112 Å². The van der Waals surface area contributed by atoms with E-state index in [-0.39, 0.29) is 0 Å². The minimum absolute atomic E-state index is 0.328. The predicted octanol–water partition coefficient (Wildman–Crippen LogP) is 3.21. The number of pyridine rings is 1. The maximum atomic E-state index is 11.7. The van der Waals surface area contributed by atoms with Gasteiger partial charge in [0.15, 0.2) is 9.84 Å². The maximum Gasteiger partial charge on any atom is 0.178 e. The molecule has 1 aromatic rings. The van der Waals surface area contributed by atoms with Gasteiger partial charge in [-0.05, 0) is 53.7 Å². The van der Waals surface area contributed by atoms with Crippen LogP contribution in [0.15, 0.2) is 9.50 Å². The molecule has 0 amide bonds. The number of aryl methyl sites for hydroxylation is 1. The molecule has 0 saturated heterocycles. The molecule has 0 radical (unpaired) electrons. The summed E-state index contributed by atoms with van der Waals surface area (Å²) in [4.78, 5) is 4.62. The van der Waals surface area contributed by atoms with Crippen molar-refractivity contribution in [2.75, 3.05) is 6.26 Å². The molecular formula is C12H18BrNO2S. The summed E-state index contributed by atoms with van der Waals surface area (Å²) < 4.78 is 23.9. The fraction of sp³-hybridized carbons (Fsp3) is 0.583. The second-order valence-corrected chi connectivity index (χ2v) is 7.00. The van der Waals surface area contributed by atoms with Gasteiger partial charge in [0, 0.05) is 11.9 Å². The van der Waals surface area contributed by atoms with E-state index in [9.17, 15) is 8.42 Å². The van der Waals surface area contributed by atoms with Gasteiger partial charge in [-0.1, -0.05) is 13.3 Å². The summed E-state index contributed by atoms with van der Waals surface area (Å²) in [7, 11) is -3.24. The van der Waals surface area contributed by atoms with Crippen LogP contribution in [-0.2, 0) is 16.3 Å². The van der Waals surface area contributed by atoms with Crippen molar-refractivity contribution >= 4 is 25.8 Å². The van der Waals surface area contributed by atoms with Gasteiger partial charge in [-0.25, -0.2) is 13.4 Å². The number of hydrogen-bond acceptors (Lipinski definition) is 3. The van der Waals surface area contributed by atoms with Crippen molar-refractivity contribution in [3.8, 4) is 0 Å². The number of unbranched alkanes of at least 4 members (excludes halogenated alkanes) is 1. The molecule has 3 nitrogen and oxygen atoms in total. The topological polar surface area (TPSA) is 47.0 Å². The number of aromatic nitrogens is 1. The molecule has 96 valence electrons. The van der Waals surface area contributed by atoms with Crippen LogP contribution in [0.5, 0.6) is 0 Å². The van der Waals surface area contributed by atoms with E-state index in [4.69, 9.17) is 0 Å². The Morgan fingerprint density at radius 3 is 2.35 bits per heavy atom. The van der Waals surface area contributed by atoms with Crippen molar-refractivity contribution in [1.82, 2.24) is 4.98 Å². The normalized spacial score (nSPS) is 11.8. The standard InChI is InChI=1S/C12H18BrNO2S/c1-5-6-7-10-8(2)11(17(4,15)16)12(13)14-9(10)3/h5-7H2,1-4H3. The molecule has 17 heavy (non-hydrogen) atoms. The van der Waals surface area contributed by atoms with Crippen molar-refractivity contribution in [3.63, 3.8) is 0 Å². The van der Waals surface area contributed by atoms with Gasteiger partial charge in [-0.3, -0.25) is 0 Å². The Kier molecular flexibility index (Phi) is 4.72. The van der Waals surface area contributed by atoms with Crippen molar-refractivity contribution < 1.29 is 8.42 Å². The third-order valence-electron chi connectivity index (χ3n) is 2.83. The number of sulfone groups is 1. The Morgan fingerprint density at radius 2 is 1.88 bits per heavy atom. The van der Waals surface area contributed by atoms with Crippen LogP contribution < -0.4 is 0 Å². The third kappa shape index (κ3) is 3.28. The lowest BCUT2D eigenvalue weighted by Crippen LogP contribution is -2.08. The molecule has 0 atom stereocenters. The molecule has 0 aromatic carbocycles. The molecule has 1 heterocycles. The first-order chi connectivity index (χ1) is 7.79. The minimum atomic E-state index is -3.24. The van der Waals surface area contributed by atoms with Crippen LogP contribution in [0.3, 0.4) is 0 Å². The van der Waals surface area contributed by atoms with Gasteiger partial charge in [-0.15, -0.1) is 0 Å². The Bertz CT molecular complexity index is 524. The molecule has 0 fully saturated rings. The van der Waals surface area contributed by atoms with Crippen molar-refractivity contribution in [2.45, 2.75) is 44.9 Å². The van der Waals surface area contributed by atoms with Crippen LogP contribution in [0.1, 0.15) is 36.6 Å². The third-order valence-corrected chi connectivity index (χ3v) is 4.91. The van der Waals surface area contributed by atoms with Gasteiger partial charge in [0.2, 0.25) is 0 Å². The van der Waals surface area contributed by atoms with Crippen molar-refractivity contribution in [2.24, 2.45) is 0 Å². The fourth-order valence-electron chi connectivity index (χ4n) is 1.98. The fourth-order valence-corrected chi connectivity index (χ4v) is 4.46. The van der Waals surface area contributed by atoms with Crippen LogP contribution in [0.25, 0.3) is 0 Å². The molecule has 1 rings (SSSR count). The first kappa shape index (κ1) is 14.6. The zero-order valence-electron chi connectivity index (χ0n) is 10.7. The van der Waals surface area contributed by atoms with E-state index in [1.807, 2.05) is 13.8 Å². The number of nitrogens with zero attached hydrogens (tertiary/aromatic N) is 1. The Balaban J connectivity index is 3.43. The lowest BCUT2D eigenvalue weighted by molar-refractivity contribution is 0.599. The lowest BCUT2D eigenvalue weighted by atomic mass is 10.0. The van der Waals surface area contributed by atoms with E-state index in [0.717, 1.165) is 36.1 Å². The highest BCUT2D eigenvalue weighted by Gasteiger charge is 2.20. The SMILES string of the molecule is CCCCc1c(C)nc(Br)c(S(C)(=O)=O)c1C. The van der Waals surface area contributed by atoms with Crippen molar-refractivity contribution in [3.05, 3.63) is 21.4 Å². The molecule has 0 aliphatic carbocycles. The van der Waals surface area contributed by atoms with E-state index < -0.39 is 9.84 Å².